The topological polar surface area (TPSA) is 29.3 Å². The van der Waals surface area contributed by atoms with Crippen molar-refractivity contribution < 1.29 is 4.48 Å². The second kappa shape index (κ2) is 4.77. The van der Waals surface area contributed by atoms with Gasteiger partial charge in [0.25, 0.3) is 0 Å². The van der Waals surface area contributed by atoms with Gasteiger partial charge >= 0.3 is 0 Å². The Labute approximate surface area is 94.1 Å². The highest BCUT2D eigenvalue weighted by Gasteiger charge is 2.06. The van der Waals surface area contributed by atoms with E-state index in [9.17, 15) is 4.48 Å². The molecule has 0 aliphatic carbocycles. The van der Waals surface area contributed by atoms with Crippen molar-refractivity contribution >= 4 is 11.4 Å². The number of halogens is 1. The monoisotopic (exact) mass is 216 g/mol. The van der Waals surface area contributed by atoms with Gasteiger partial charge in [0.2, 0.25) is 0 Å². The Morgan fingerprint density at radius 3 is 2.00 bits per heavy atom. The van der Waals surface area contributed by atoms with Gasteiger partial charge in [-0.25, -0.2) is 0 Å². The fourth-order valence-electron chi connectivity index (χ4n) is 1.47. The van der Waals surface area contributed by atoms with E-state index in [0.717, 1.165) is 5.56 Å². The van der Waals surface area contributed by atoms with Gasteiger partial charge in [0, 0.05) is 6.54 Å². The van der Waals surface area contributed by atoms with Crippen LogP contribution in [0.4, 0.5) is 15.9 Å². The van der Waals surface area contributed by atoms with Crippen molar-refractivity contribution in [3.8, 4) is 0 Å². The molecule has 0 saturated heterocycles. The van der Waals surface area contributed by atoms with Crippen molar-refractivity contribution in [3.63, 3.8) is 0 Å². The maximum atomic E-state index is 13.9. The van der Waals surface area contributed by atoms with Crippen LogP contribution in [-0.4, -0.2) is 0 Å². The van der Waals surface area contributed by atoms with Gasteiger partial charge in [0.1, 0.15) is 0 Å². The van der Waals surface area contributed by atoms with E-state index < -0.39 is 0 Å². The largest absolute Gasteiger partial charge is 0.326 e. The van der Waals surface area contributed by atoms with Crippen LogP contribution >= 0.6 is 0 Å². The Hall–Kier alpha value is -1.87. The van der Waals surface area contributed by atoms with Gasteiger partial charge in [-0.1, -0.05) is 34.8 Å². The summed E-state index contributed by atoms with van der Waals surface area (Å²) in [4.78, 5) is 0. The van der Waals surface area contributed by atoms with Crippen molar-refractivity contribution in [1.82, 2.24) is 0 Å². The van der Waals surface area contributed by atoms with Crippen LogP contribution in [0, 0.1) is 0 Å². The van der Waals surface area contributed by atoms with Crippen LogP contribution in [-0.2, 0) is 6.54 Å². The standard InChI is InChI=1S/C13H13FN2/c14-16(12-4-2-1-3-5-12)13-8-6-11(10-15)7-9-13/h1-9H,10,15H2. The third-order valence-corrected chi connectivity index (χ3v) is 2.38. The van der Waals surface area contributed by atoms with Crippen molar-refractivity contribution in [2.75, 3.05) is 5.12 Å². The summed E-state index contributed by atoms with van der Waals surface area (Å²) in [6.45, 7) is 0.470. The van der Waals surface area contributed by atoms with Gasteiger partial charge in [-0.15, -0.1) is 0 Å². The zero-order valence-electron chi connectivity index (χ0n) is 8.81. The number of hydrogen-bond acceptors (Lipinski definition) is 2. The van der Waals surface area contributed by atoms with E-state index in [2.05, 4.69) is 0 Å². The summed E-state index contributed by atoms with van der Waals surface area (Å²) in [5.41, 5.74) is 7.49. The first-order valence-corrected chi connectivity index (χ1v) is 5.11. The molecular weight excluding hydrogens is 203 g/mol. The first-order valence-electron chi connectivity index (χ1n) is 5.11. The van der Waals surface area contributed by atoms with Crippen LogP contribution in [0.5, 0.6) is 0 Å². The molecule has 2 nitrogen and oxygen atoms in total. The molecule has 0 aliphatic heterocycles. The Balaban J connectivity index is 2.24. The van der Waals surface area contributed by atoms with Gasteiger partial charge in [-0.3, -0.25) is 0 Å². The number of para-hydroxylation sites is 1. The van der Waals surface area contributed by atoms with Gasteiger partial charge in [-0.2, -0.15) is 5.12 Å². The van der Waals surface area contributed by atoms with E-state index in [1.807, 2.05) is 18.2 Å². The molecule has 0 aliphatic rings. The van der Waals surface area contributed by atoms with E-state index in [-0.39, 0.29) is 0 Å². The van der Waals surface area contributed by atoms with Crippen molar-refractivity contribution in [2.24, 2.45) is 5.73 Å². The molecule has 0 atom stereocenters. The maximum Gasteiger partial charge on any atom is 0.0747 e. The van der Waals surface area contributed by atoms with Gasteiger partial charge in [0.05, 0.1) is 11.4 Å². The molecular formula is C13H13FN2. The summed E-state index contributed by atoms with van der Waals surface area (Å²) >= 11 is 0. The van der Waals surface area contributed by atoms with Crippen molar-refractivity contribution in [1.29, 1.82) is 0 Å². The fraction of sp³-hybridized carbons (Fsp3) is 0.0769. The lowest BCUT2D eigenvalue weighted by molar-refractivity contribution is 0.505. The molecule has 0 aromatic heterocycles. The second-order valence-corrected chi connectivity index (χ2v) is 3.49. The third-order valence-electron chi connectivity index (χ3n) is 2.38. The zero-order valence-corrected chi connectivity index (χ0v) is 8.81. The molecule has 0 bridgehead atoms. The average molecular weight is 216 g/mol. The second-order valence-electron chi connectivity index (χ2n) is 3.49. The molecule has 0 heterocycles. The van der Waals surface area contributed by atoms with Crippen LogP contribution in [0.3, 0.4) is 0 Å². The van der Waals surface area contributed by atoms with Crippen LogP contribution < -0.4 is 10.9 Å². The first kappa shape index (κ1) is 10.6. The summed E-state index contributed by atoms with van der Waals surface area (Å²) in [5.74, 6) is 0. The van der Waals surface area contributed by atoms with Crippen molar-refractivity contribution in [2.45, 2.75) is 6.54 Å². The quantitative estimate of drug-likeness (QED) is 0.798. The predicted octanol–water partition coefficient (Wildman–Crippen LogP) is 3.17. The number of anilines is 2. The molecule has 2 aromatic carbocycles. The number of rotatable bonds is 3. The molecule has 0 unspecified atom stereocenters. The summed E-state index contributed by atoms with van der Waals surface area (Å²) in [6.07, 6.45) is 0. The van der Waals surface area contributed by atoms with E-state index in [0.29, 0.717) is 23.0 Å². The summed E-state index contributed by atoms with van der Waals surface area (Å²) in [7, 11) is 0. The Kier molecular flexibility index (Phi) is 3.17. The molecule has 0 fully saturated rings. The number of benzene rings is 2. The maximum absolute atomic E-state index is 13.9. The molecule has 2 rings (SSSR count). The number of nitrogens with two attached hydrogens (primary N) is 1. The Morgan fingerprint density at radius 1 is 0.875 bits per heavy atom. The Bertz CT molecular complexity index is 439. The van der Waals surface area contributed by atoms with Gasteiger partial charge in [0.15, 0.2) is 0 Å². The van der Waals surface area contributed by atoms with Gasteiger partial charge in [-0.05, 0) is 29.8 Å². The first-order chi connectivity index (χ1) is 7.81. The molecule has 0 spiro atoms. The SMILES string of the molecule is NCc1ccc(N(F)c2ccccc2)cc1. The highest BCUT2D eigenvalue weighted by molar-refractivity contribution is 5.60. The van der Waals surface area contributed by atoms with E-state index in [1.54, 1.807) is 36.4 Å². The minimum Gasteiger partial charge on any atom is -0.326 e. The fourth-order valence-corrected chi connectivity index (χ4v) is 1.47. The number of hydrogen-bond donors (Lipinski definition) is 1. The third kappa shape index (κ3) is 2.20. The smallest absolute Gasteiger partial charge is 0.0747 e. The van der Waals surface area contributed by atoms with Crippen LogP contribution in [0.25, 0.3) is 0 Å². The minimum absolute atomic E-state index is 0.470. The van der Waals surface area contributed by atoms with E-state index >= 15 is 0 Å². The van der Waals surface area contributed by atoms with E-state index in [1.165, 1.54) is 0 Å². The van der Waals surface area contributed by atoms with Crippen LogP contribution in [0.2, 0.25) is 0 Å². The molecule has 3 heteroatoms. The minimum atomic E-state index is 0.470. The van der Waals surface area contributed by atoms with Gasteiger partial charge < -0.3 is 5.73 Å². The zero-order chi connectivity index (χ0) is 11.4. The molecule has 2 N–H and O–H groups in total. The summed E-state index contributed by atoms with van der Waals surface area (Å²) in [6, 6.07) is 16.0. The lowest BCUT2D eigenvalue weighted by Crippen LogP contribution is -2.03. The Morgan fingerprint density at radius 2 is 1.44 bits per heavy atom. The molecule has 0 saturated carbocycles. The highest BCUT2D eigenvalue weighted by atomic mass is 19.2. The van der Waals surface area contributed by atoms with E-state index in [4.69, 9.17) is 5.73 Å². The lowest BCUT2D eigenvalue weighted by atomic mass is 10.2. The summed E-state index contributed by atoms with van der Waals surface area (Å²) in [5, 5.41) is 0.653. The number of nitrogens with zero attached hydrogens (tertiary/aromatic N) is 1. The average Bonchev–Trinajstić information content (AvgIpc) is 2.39. The highest BCUT2D eigenvalue weighted by Crippen LogP contribution is 2.25. The molecule has 0 amide bonds. The lowest BCUT2D eigenvalue weighted by Gasteiger charge is -2.13. The molecule has 16 heavy (non-hydrogen) atoms. The normalized spacial score (nSPS) is 10.1. The van der Waals surface area contributed by atoms with Crippen molar-refractivity contribution in [3.05, 3.63) is 60.2 Å². The molecule has 2 aromatic rings. The molecule has 0 radical (unpaired) electrons. The summed E-state index contributed by atoms with van der Waals surface area (Å²) < 4.78 is 13.9. The predicted molar refractivity (Wildman–Crippen MR) is 64.0 cm³/mol. The van der Waals surface area contributed by atoms with Crippen LogP contribution in [0.15, 0.2) is 54.6 Å². The molecule has 82 valence electrons. The van der Waals surface area contributed by atoms with Crippen LogP contribution in [0.1, 0.15) is 5.56 Å².